The molecule has 3 rings (SSSR count). The molecule has 17 heavy (non-hydrogen) atoms. The normalized spacial score (nSPS) is 20.9. The topological polar surface area (TPSA) is 24.9 Å². The number of benzene rings is 1. The summed E-state index contributed by atoms with van der Waals surface area (Å²) in [6.45, 7) is 1.10. The van der Waals surface area contributed by atoms with Gasteiger partial charge in [0.25, 0.3) is 0 Å². The van der Waals surface area contributed by atoms with E-state index in [1.807, 2.05) is 6.07 Å². The second-order valence-electron chi connectivity index (χ2n) is 4.55. The van der Waals surface area contributed by atoms with Crippen LogP contribution in [-0.2, 0) is 6.42 Å². The molecule has 1 saturated heterocycles. The summed E-state index contributed by atoms with van der Waals surface area (Å²) in [6.07, 6.45) is 4.69. The van der Waals surface area contributed by atoms with Crippen molar-refractivity contribution in [1.29, 1.82) is 0 Å². The van der Waals surface area contributed by atoms with Crippen molar-refractivity contribution < 1.29 is 4.39 Å². The number of halogens is 1. The lowest BCUT2D eigenvalue weighted by molar-refractivity contribution is 0.399. The van der Waals surface area contributed by atoms with Crippen LogP contribution in [0.15, 0.2) is 18.2 Å². The molecule has 2 aromatic rings. The fraction of sp³-hybridized carbons (Fsp3) is 0.462. The van der Waals surface area contributed by atoms with Crippen molar-refractivity contribution in [3.8, 4) is 0 Å². The molecule has 1 N–H and O–H groups in total. The van der Waals surface area contributed by atoms with Gasteiger partial charge in [-0.3, -0.25) is 0 Å². The van der Waals surface area contributed by atoms with Crippen LogP contribution in [0.3, 0.4) is 0 Å². The smallest absolute Gasteiger partial charge is 0.150 e. The van der Waals surface area contributed by atoms with Gasteiger partial charge < -0.3 is 5.32 Å². The predicted octanol–water partition coefficient (Wildman–Crippen LogP) is 3.12. The maximum atomic E-state index is 13.5. The van der Waals surface area contributed by atoms with Crippen LogP contribution in [0.25, 0.3) is 10.2 Å². The predicted molar refractivity (Wildman–Crippen MR) is 68.9 cm³/mol. The third-order valence-electron chi connectivity index (χ3n) is 3.25. The molecule has 1 fully saturated rings. The van der Waals surface area contributed by atoms with E-state index >= 15 is 0 Å². The SMILES string of the molecule is Fc1cccc2sc(CC3CCCCN3)nc12. The quantitative estimate of drug-likeness (QED) is 0.885. The molecule has 0 spiro atoms. The summed E-state index contributed by atoms with van der Waals surface area (Å²) in [6, 6.07) is 5.68. The lowest BCUT2D eigenvalue weighted by atomic mass is 10.0. The Morgan fingerprint density at radius 2 is 2.35 bits per heavy atom. The Morgan fingerprint density at radius 3 is 3.12 bits per heavy atom. The lowest BCUT2D eigenvalue weighted by Crippen LogP contribution is -2.35. The summed E-state index contributed by atoms with van der Waals surface area (Å²) < 4.78 is 14.5. The molecule has 0 amide bonds. The number of rotatable bonds is 2. The first-order valence-electron chi connectivity index (χ1n) is 6.10. The highest BCUT2D eigenvalue weighted by Gasteiger charge is 2.16. The molecule has 1 aromatic carbocycles. The minimum atomic E-state index is -0.207. The van der Waals surface area contributed by atoms with Crippen molar-refractivity contribution in [1.82, 2.24) is 10.3 Å². The van der Waals surface area contributed by atoms with Gasteiger partial charge in [-0.25, -0.2) is 9.37 Å². The Morgan fingerprint density at radius 1 is 1.41 bits per heavy atom. The summed E-state index contributed by atoms with van der Waals surface area (Å²) in [4.78, 5) is 4.41. The highest BCUT2D eigenvalue weighted by molar-refractivity contribution is 7.18. The number of nitrogens with zero attached hydrogens (tertiary/aromatic N) is 1. The Kier molecular flexibility index (Phi) is 3.07. The van der Waals surface area contributed by atoms with Crippen LogP contribution in [0.1, 0.15) is 24.3 Å². The van der Waals surface area contributed by atoms with Gasteiger partial charge in [0.05, 0.1) is 9.71 Å². The summed E-state index contributed by atoms with van der Waals surface area (Å²) in [7, 11) is 0. The number of thiazole rings is 1. The summed E-state index contributed by atoms with van der Waals surface area (Å²) in [5.74, 6) is -0.207. The Balaban J connectivity index is 1.83. The molecule has 0 radical (unpaired) electrons. The van der Waals surface area contributed by atoms with E-state index in [0.717, 1.165) is 22.7 Å². The van der Waals surface area contributed by atoms with Gasteiger partial charge >= 0.3 is 0 Å². The van der Waals surface area contributed by atoms with Gasteiger partial charge in [-0.05, 0) is 31.5 Å². The molecule has 2 nitrogen and oxygen atoms in total. The molecule has 1 atom stereocenters. The van der Waals surface area contributed by atoms with Crippen LogP contribution < -0.4 is 5.32 Å². The number of piperidine rings is 1. The average molecular weight is 250 g/mol. The fourth-order valence-electron chi connectivity index (χ4n) is 2.36. The van der Waals surface area contributed by atoms with Gasteiger partial charge in [-0.15, -0.1) is 11.3 Å². The average Bonchev–Trinajstić information content (AvgIpc) is 2.74. The second-order valence-corrected chi connectivity index (χ2v) is 5.66. The maximum absolute atomic E-state index is 13.5. The van der Waals surface area contributed by atoms with E-state index in [1.165, 1.54) is 25.3 Å². The molecule has 1 aliphatic heterocycles. The van der Waals surface area contributed by atoms with Crippen molar-refractivity contribution >= 4 is 21.6 Å². The molecule has 1 aliphatic rings. The second kappa shape index (κ2) is 4.70. The number of hydrogen-bond acceptors (Lipinski definition) is 3. The van der Waals surface area contributed by atoms with Crippen molar-refractivity contribution in [2.75, 3.05) is 6.54 Å². The van der Waals surface area contributed by atoms with Crippen LogP contribution in [0, 0.1) is 5.82 Å². The van der Waals surface area contributed by atoms with Gasteiger partial charge in [0.15, 0.2) is 0 Å². The van der Waals surface area contributed by atoms with Crippen LogP contribution in [0.5, 0.6) is 0 Å². The monoisotopic (exact) mass is 250 g/mol. The first-order chi connectivity index (χ1) is 8.33. The number of para-hydroxylation sites is 1. The maximum Gasteiger partial charge on any atom is 0.150 e. The van der Waals surface area contributed by atoms with Gasteiger partial charge in [-0.2, -0.15) is 0 Å². The van der Waals surface area contributed by atoms with Crippen LogP contribution in [0.2, 0.25) is 0 Å². The fourth-order valence-corrected chi connectivity index (χ4v) is 3.42. The zero-order chi connectivity index (χ0) is 11.7. The molecule has 0 aliphatic carbocycles. The molecule has 1 aromatic heterocycles. The van der Waals surface area contributed by atoms with Gasteiger partial charge in [0.1, 0.15) is 11.3 Å². The van der Waals surface area contributed by atoms with E-state index in [1.54, 1.807) is 17.4 Å². The Bertz CT molecular complexity index is 517. The van der Waals surface area contributed by atoms with E-state index in [2.05, 4.69) is 10.3 Å². The van der Waals surface area contributed by atoms with Gasteiger partial charge in [0.2, 0.25) is 0 Å². The zero-order valence-corrected chi connectivity index (χ0v) is 10.4. The highest BCUT2D eigenvalue weighted by atomic mass is 32.1. The minimum Gasteiger partial charge on any atom is -0.314 e. The van der Waals surface area contributed by atoms with E-state index in [4.69, 9.17) is 0 Å². The zero-order valence-electron chi connectivity index (χ0n) is 9.58. The lowest BCUT2D eigenvalue weighted by Gasteiger charge is -2.22. The number of nitrogens with one attached hydrogen (secondary N) is 1. The number of fused-ring (bicyclic) bond motifs is 1. The summed E-state index contributed by atoms with van der Waals surface area (Å²) in [5.41, 5.74) is 0.531. The molecule has 4 heteroatoms. The van der Waals surface area contributed by atoms with Crippen LogP contribution in [-0.4, -0.2) is 17.6 Å². The third kappa shape index (κ3) is 2.33. The first-order valence-corrected chi connectivity index (χ1v) is 6.92. The first kappa shape index (κ1) is 11.1. The van der Waals surface area contributed by atoms with E-state index in [9.17, 15) is 4.39 Å². The Hall–Kier alpha value is -1.00. The van der Waals surface area contributed by atoms with Gasteiger partial charge in [-0.1, -0.05) is 12.5 Å². The van der Waals surface area contributed by atoms with Crippen LogP contribution >= 0.6 is 11.3 Å². The molecular formula is C13H15FN2S. The third-order valence-corrected chi connectivity index (χ3v) is 4.29. The van der Waals surface area contributed by atoms with Crippen molar-refractivity contribution in [2.45, 2.75) is 31.7 Å². The number of hydrogen-bond donors (Lipinski definition) is 1. The van der Waals surface area contributed by atoms with Crippen LogP contribution in [0.4, 0.5) is 4.39 Å². The van der Waals surface area contributed by atoms with Crippen molar-refractivity contribution in [3.63, 3.8) is 0 Å². The van der Waals surface area contributed by atoms with Crippen molar-refractivity contribution in [2.24, 2.45) is 0 Å². The van der Waals surface area contributed by atoms with Crippen molar-refractivity contribution in [3.05, 3.63) is 29.0 Å². The molecule has 90 valence electrons. The molecule has 0 bridgehead atoms. The van der Waals surface area contributed by atoms with E-state index < -0.39 is 0 Å². The number of aromatic nitrogens is 1. The van der Waals surface area contributed by atoms with E-state index in [-0.39, 0.29) is 5.82 Å². The molecule has 0 saturated carbocycles. The Labute approximate surface area is 104 Å². The molecule has 1 unspecified atom stereocenters. The summed E-state index contributed by atoms with van der Waals surface area (Å²) in [5, 5.41) is 4.55. The van der Waals surface area contributed by atoms with E-state index in [0.29, 0.717) is 11.6 Å². The largest absolute Gasteiger partial charge is 0.314 e. The highest BCUT2D eigenvalue weighted by Crippen LogP contribution is 2.25. The minimum absolute atomic E-state index is 0.207. The molecular weight excluding hydrogens is 235 g/mol. The summed E-state index contributed by atoms with van der Waals surface area (Å²) >= 11 is 1.61. The van der Waals surface area contributed by atoms with Gasteiger partial charge in [0, 0.05) is 12.5 Å². The standard InChI is InChI=1S/C13H15FN2S/c14-10-5-3-6-11-13(10)16-12(17-11)8-9-4-1-2-7-15-9/h3,5-6,9,15H,1-2,4,7-8H2. The molecule has 2 heterocycles.